The average molecular weight is 620 g/mol. The van der Waals surface area contributed by atoms with Crippen LogP contribution in [0.5, 0.6) is 11.6 Å². The van der Waals surface area contributed by atoms with Crippen molar-refractivity contribution >= 4 is 29.2 Å². The molecule has 0 radical (unpaired) electrons. The van der Waals surface area contributed by atoms with Gasteiger partial charge in [0.2, 0.25) is 11.8 Å². The molecule has 1 aromatic carbocycles. The minimum Gasteiger partial charge on any atom is -0.497 e. The normalized spacial score (nSPS) is 34.7. The molecule has 10 heteroatoms. The van der Waals surface area contributed by atoms with Crippen molar-refractivity contribution in [2.75, 3.05) is 26.9 Å². The number of amides is 1. The minimum atomic E-state index is -0.666. The van der Waals surface area contributed by atoms with Crippen LogP contribution in [0.25, 0.3) is 11.0 Å². The van der Waals surface area contributed by atoms with Gasteiger partial charge in [-0.1, -0.05) is 26.7 Å². The standard InChI is InChI=1S/C35H45N3O7/c1-4-22-29(17-39)38-16-31(22)45-33-27(36-26-11-10-21(42-3)14-28(26)37-33)9-7-5-6-8-23-24-12-20(24)13-30(23)44-32(40)15-25(34(38)41)35(2)18-43-19-35/h10-11,14,17,20,22-25,29-31H,4-9,12-13,15-16,18-19H2,1-3H3/t20?,22-,23+,24?,25+,29+,30+,31-/m0/s1. The molecule has 1 amide bonds. The van der Waals surface area contributed by atoms with E-state index in [2.05, 4.69) is 0 Å². The molecule has 7 rings (SSSR count). The van der Waals surface area contributed by atoms with Crippen molar-refractivity contribution < 1.29 is 33.3 Å². The number of esters is 1. The summed E-state index contributed by atoms with van der Waals surface area (Å²) in [5.41, 5.74) is 1.74. The highest BCUT2D eigenvalue weighted by Crippen LogP contribution is 2.58. The molecule has 5 aliphatic rings. The van der Waals surface area contributed by atoms with Crippen LogP contribution in [0.4, 0.5) is 0 Å². The molecule has 4 heterocycles. The maximum atomic E-state index is 14.4. The van der Waals surface area contributed by atoms with E-state index < -0.39 is 23.5 Å². The Bertz CT molecular complexity index is 1460. The van der Waals surface area contributed by atoms with Crippen LogP contribution in [0, 0.1) is 35.0 Å². The number of methoxy groups -OCH3 is 1. The summed E-state index contributed by atoms with van der Waals surface area (Å²) in [6, 6.07) is 4.98. The van der Waals surface area contributed by atoms with Gasteiger partial charge in [-0.3, -0.25) is 9.59 Å². The Morgan fingerprint density at radius 2 is 1.89 bits per heavy atom. The van der Waals surface area contributed by atoms with Crippen molar-refractivity contribution in [1.29, 1.82) is 0 Å². The predicted octanol–water partition coefficient (Wildman–Crippen LogP) is 4.55. The first-order chi connectivity index (χ1) is 21.8. The van der Waals surface area contributed by atoms with Crippen molar-refractivity contribution in [3.63, 3.8) is 0 Å². The van der Waals surface area contributed by atoms with Crippen LogP contribution in [-0.4, -0.2) is 78.1 Å². The molecule has 8 atom stereocenters. The molecule has 10 nitrogen and oxygen atoms in total. The van der Waals surface area contributed by atoms with Gasteiger partial charge in [-0.25, -0.2) is 9.97 Å². The highest BCUT2D eigenvalue weighted by molar-refractivity contribution is 5.87. The summed E-state index contributed by atoms with van der Waals surface area (Å²) in [5.74, 6) is 1.43. The number of aldehydes is 1. The van der Waals surface area contributed by atoms with Gasteiger partial charge in [-0.15, -0.1) is 0 Å². The highest BCUT2D eigenvalue weighted by Gasteiger charge is 2.56. The molecule has 0 N–H and O–H groups in total. The molecule has 2 unspecified atom stereocenters. The topological polar surface area (TPSA) is 117 Å². The minimum absolute atomic E-state index is 0.0101. The summed E-state index contributed by atoms with van der Waals surface area (Å²) in [6.45, 7) is 5.02. The van der Waals surface area contributed by atoms with E-state index in [1.54, 1.807) is 12.0 Å². The maximum absolute atomic E-state index is 14.4. The third-order valence-corrected chi connectivity index (χ3v) is 11.4. The van der Waals surface area contributed by atoms with E-state index in [1.165, 1.54) is 6.42 Å². The summed E-state index contributed by atoms with van der Waals surface area (Å²) in [7, 11) is 1.62. The molecule has 2 saturated carbocycles. The largest absolute Gasteiger partial charge is 0.497 e. The van der Waals surface area contributed by atoms with Gasteiger partial charge in [-0.05, 0) is 68.4 Å². The predicted molar refractivity (Wildman–Crippen MR) is 165 cm³/mol. The van der Waals surface area contributed by atoms with Crippen LogP contribution < -0.4 is 9.47 Å². The SMILES string of the molecule is CC[C@@H]1[C@@H]2CN(C(=O)[C@H](C3(C)COC3)CC(=O)O[C@@H]3CC4CC4[C@H]3CCCCCc3nc4ccc(OC)cc4nc3O2)[C@@H]1C=O. The fourth-order valence-electron chi connectivity index (χ4n) is 8.57. The Morgan fingerprint density at radius 1 is 1.04 bits per heavy atom. The van der Waals surface area contributed by atoms with E-state index in [9.17, 15) is 14.4 Å². The summed E-state index contributed by atoms with van der Waals surface area (Å²) < 4.78 is 23.8. The molecule has 2 saturated heterocycles. The number of rotatable bonds is 4. The van der Waals surface area contributed by atoms with Gasteiger partial charge in [0, 0.05) is 17.4 Å². The number of aromatic nitrogens is 2. The van der Waals surface area contributed by atoms with Crippen molar-refractivity contribution in [1.82, 2.24) is 14.9 Å². The third kappa shape index (κ3) is 5.68. The van der Waals surface area contributed by atoms with E-state index >= 15 is 0 Å². The van der Waals surface area contributed by atoms with E-state index in [0.717, 1.165) is 49.6 Å². The van der Waals surface area contributed by atoms with Gasteiger partial charge in [0.1, 0.15) is 29.9 Å². The zero-order valence-electron chi connectivity index (χ0n) is 26.6. The number of hydrogen-bond donors (Lipinski definition) is 0. The van der Waals surface area contributed by atoms with Gasteiger partial charge in [0.25, 0.3) is 0 Å². The number of carbonyl (C=O) groups is 3. The maximum Gasteiger partial charge on any atom is 0.306 e. The summed E-state index contributed by atoms with van der Waals surface area (Å²) in [4.78, 5) is 52.1. The van der Waals surface area contributed by atoms with E-state index in [4.69, 9.17) is 28.9 Å². The lowest BCUT2D eigenvalue weighted by atomic mass is 9.72. The summed E-state index contributed by atoms with van der Waals surface area (Å²) in [6.07, 6.45) is 7.90. The monoisotopic (exact) mass is 619 g/mol. The van der Waals surface area contributed by atoms with Crippen LogP contribution >= 0.6 is 0 Å². The van der Waals surface area contributed by atoms with Crippen LogP contribution in [0.15, 0.2) is 18.2 Å². The molecular weight excluding hydrogens is 574 g/mol. The van der Waals surface area contributed by atoms with Gasteiger partial charge in [-0.2, -0.15) is 0 Å². The second kappa shape index (κ2) is 12.2. The molecule has 45 heavy (non-hydrogen) atoms. The van der Waals surface area contributed by atoms with Gasteiger partial charge >= 0.3 is 5.97 Å². The summed E-state index contributed by atoms with van der Waals surface area (Å²) in [5, 5.41) is 0. The Balaban J connectivity index is 1.24. The number of benzene rings is 1. The molecule has 1 aromatic heterocycles. The number of ether oxygens (including phenoxy) is 4. The second-order valence-corrected chi connectivity index (χ2v) is 14.3. The first-order valence-corrected chi connectivity index (χ1v) is 16.9. The molecule has 2 bridgehead atoms. The van der Waals surface area contributed by atoms with E-state index in [-0.39, 0.29) is 36.9 Å². The highest BCUT2D eigenvalue weighted by atomic mass is 16.5. The zero-order valence-corrected chi connectivity index (χ0v) is 26.6. The Labute approximate surface area is 264 Å². The van der Waals surface area contributed by atoms with E-state index in [1.807, 2.05) is 32.0 Å². The smallest absolute Gasteiger partial charge is 0.306 e. The quantitative estimate of drug-likeness (QED) is 0.359. The lowest BCUT2D eigenvalue weighted by Crippen LogP contribution is -2.54. The lowest BCUT2D eigenvalue weighted by molar-refractivity contribution is -0.176. The lowest BCUT2D eigenvalue weighted by Gasteiger charge is -2.45. The molecule has 4 fully saturated rings. The second-order valence-electron chi connectivity index (χ2n) is 14.3. The molecule has 2 aromatic rings. The Hall–Kier alpha value is -3.27. The van der Waals surface area contributed by atoms with Crippen molar-refractivity contribution in [2.24, 2.45) is 35.0 Å². The number of carbonyl (C=O) groups excluding carboxylic acids is 3. The fraction of sp³-hybridized carbons (Fsp3) is 0.686. The van der Waals surface area contributed by atoms with Crippen LogP contribution in [-0.2, 0) is 30.3 Å². The third-order valence-electron chi connectivity index (χ3n) is 11.4. The van der Waals surface area contributed by atoms with Crippen LogP contribution in [0.3, 0.4) is 0 Å². The zero-order chi connectivity index (χ0) is 31.3. The Morgan fingerprint density at radius 3 is 2.62 bits per heavy atom. The first-order valence-electron chi connectivity index (χ1n) is 16.9. The fourth-order valence-corrected chi connectivity index (χ4v) is 8.57. The van der Waals surface area contributed by atoms with Crippen LogP contribution in [0.2, 0.25) is 0 Å². The molecule has 0 spiro atoms. The van der Waals surface area contributed by atoms with Gasteiger partial charge in [0.05, 0.1) is 56.3 Å². The van der Waals surface area contributed by atoms with E-state index in [0.29, 0.717) is 61.0 Å². The van der Waals surface area contributed by atoms with Gasteiger partial charge < -0.3 is 28.6 Å². The van der Waals surface area contributed by atoms with Crippen molar-refractivity contribution in [2.45, 2.75) is 89.9 Å². The number of aryl methyl sites for hydroxylation is 1. The molecule has 3 aliphatic heterocycles. The number of nitrogens with zero attached hydrogens (tertiary/aromatic N) is 3. The first kappa shape index (κ1) is 30.4. The number of fused-ring (bicyclic) bond motifs is 7. The number of hydrogen-bond acceptors (Lipinski definition) is 9. The van der Waals surface area contributed by atoms with Gasteiger partial charge in [0.15, 0.2) is 0 Å². The summed E-state index contributed by atoms with van der Waals surface area (Å²) >= 11 is 0. The Kier molecular flexibility index (Phi) is 8.21. The van der Waals surface area contributed by atoms with Crippen LogP contribution in [0.1, 0.15) is 70.9 Å². The van der Waals surface area contributed by atoms with Crippen molar-refractivity contribution in [3.8, 4) is 11.6 Å². The molecule has 2 aliphatic carbocycles. The molecular formula is C35H45N3O7. The average Bonchev–Trinajstić information content (AvgIpc) is 3.57. The molecule has 242 valence electrons. The van der Waals surface area contributed by atoms with Crippen molar-refractivity contribution in [3.05, 3.63) is 23.9 Å².